The summed E-state index contributed by atoms with van der Waals surface area (Å²) in [6, 6.07) is 9.51. The van der Waals surface area contributed by atoms with Crippen molar-refractivity contribution in [2.24, 2.45) is 0 Å². The minimum atomic E-state index is -4.92. The van der Waals surface area contributed by atoms with Gasteiger partial charge in [0.15, 0.2) is 11.6 Å². The van der Waals surface area contributed by atoms with Crippen LogP contribution in [0.1, 0.15) is 36.7 Å². The van der Waals surface area contributed by atoms with Crippen molar-refractivity contribution >= 4 is 23.2 Å². The molecule has 1 unspecified atom stereocenters. The Balaban J connectivity index is 1.49. The summed E-state index contributed by atoms with van der Waals surface area (Å²) in [6.07, 6.45) is -3.99. The second kappa shape index (κ2) is 9.67. The SMILES string of the molecule is CC1CN(c2ccc(OC(F)(F)F)c(Nc3ncc(F)c(-c4ccc5c(c4)C(=O)NC5(C)C)n3)c2)CCN1C. The maximum atomic E-state index is 14.8. The number of halogens is 4. The summed E-state index contributed by atoms with van der Waals surface area (Å²) in [5.41, 5.74) is 1.51. The lowest BCUT2D eigenvalue weighted by Crippen LogP contribution is -2.50. The van der Waals surface area contributed by atoms with Crippen molar-refractivity contribution in [3.05, 3.63) is 59.5 Å². The zero-order valence-corrected chi connectivity index (χ0v) is 21.9. The normalized spacial score (nSPS) is 19.0. The molecule has 3 aromatic rings. The topological polar surface area (TPSA) is 82.6 Å². The van der Waals surface area contributed by atoms with Gasteiger partial charge in [0.2, 0.25) is 5.95 Å². The summed E-state index contributed by atoms with van der Waals surface area (Å²) in [5.74, 6) is -1.63. The third-order valence-electron chi connectivity index (χ3n) is 7.14. The molecule has 8 nitrogen and oxygen atoms in total. The first-order valence-corrected chi connectivity index (χ1v) is 12.4. The maximum Gasteiger partial charge on any atom is 0.573 e. The molecule has 2 aliphatic rings. The molecule has 12 heteroatoms. The molecular weight excluding hydrogens is 516 g/mol. The number of alkyl halides is 3. The number of ether oxygens (including phenoxy) is 1. The highest BCUT2D eigenvalue weighted by Gasteiger charge is 2.35. The van der Waals surface area contributed by atoms with Crippen LogP contribution in [0.15, 0.2) is 42.6 Å². The van der Waals surface area contributed by atoms with Crippen LogP contribution in [0.4, 0.5) is 34.9 Å². The van der Waals surface area contributed by atoms with E-state index >= 15 is 0 Å². The number of fused-ring (bicyclic) bond motifs is 1. The third kappa shape index (κ3) is 5.47. The van der Waals surface area contributed by atoms with Crippen molar-refractivity contribution in [3.63, 3.8) is 0 Å². The summed E-state index contributed by atoms with van der Waals surface area (Å²) in [5, 5.41) is 5.64. The number of carbonyl (C=O) groups excluding carboxylic acids is 1. The lowest BCUT2D eigenvalue weighted by atomic mass is 9.93. The number of nitrogens with one attached hydrogen (secondary N) is 2. The van der Waals surface area contributed by atoms with Crippen molar-refractivity contribution in [3.8, 4) is 17.0 Å². The van der Waals surface area contributed by atoms with Gasteiger partial charge in [-0.3, -0.25) is 4.79 Å². The number of piperazine rings is 1. The van der Waals surface area contributed by atoms with Crippen LogP contribution in [0.2, 0.25) is 0 Å². The Morgan fingerprint density at radius 3 is 2.64 bits per heavy atom. The number of rotatable bonds is 5. The largest absolute Gasteiger partial charge is 0.573 e. The van der Waals surface area contributed by atoms with Gasteiger partial charge in [-0.15, -0.1) is 13.2 Å². The molecule has 5 rings (SSSR count). The molecule has 0 saturated carbocycles. The standard InChI is InChI=1S/C27H28F4N6O2/c1-15-14-37(10-9-36(15)4)17-6-8-22(39-27(29,30)31)21(12-17)33-25-32-13-20(28)23(34-25)16-5-7-19-18(11-16)24(38)35-26(19,2)3/h5-8,11-13,15H,9-10,14H2,1-4H3,(H,35,38)(H,32,33,34). The van der Waals surface area contributed by atoms with Gasteiger partial charge < -0.3 is 25.2 Å². The molecule has 1 saturated heterocycles. The van der Waals surface area contributed by atoms with Crippen molar-refractivity contribution in [2.75, 3.05) is 36.9 Å². The number of aromatic nitrogens is 2. The van der Waals surface area contributed by atoms with Crippen molar-refractivity contribution in [2.45, 2.75) is 38.7 Å². The van der Waals surface area contributed by atoms with Gasteiger partial charge in [0, 0.05) is 42.5 Å². The number of amides is 1. The second-order valence-electron chi connectivity index (χ2n) is 10.4. The third-order valence-corrected chi connectivity index (χ3v) is 7.14. The highest BCUT2D eigenvalue weighted by atomic mass is 19.4. The molecule has 2 N–H and O–H groups in total. The quantitative estimate of drug-likeness (QED) is 0.436. The summed E-state index contributed by atoms with van der Waals surface area (Å²) >= 11 is 0. The Kier molecular flexibility index (Phi) is 6.61. The Morgan fingerprint density at radius 1 is 1.15 bits per heavy atom. The van der Waals surface area contributed by atoms with Gasteiger partial charge in [0.05, 0.1) is 17.4 Å². The summed E-state index contributed by atoms with van der Waals surface area (Å²) in [6.45, 7) is 7.98. The molecule has 1 fully saturated rings. The summed E-state index contributed by atoms with van der Waals surface area (Å²) < 4.78 is 58.6. The van der Waals surface area contributed by atoms with Crippen LogP contribution in [0.5, 0.6) is 5.75 Å². The van der Waals surface area contributed by atoms with Crippen LogP contribution >= 0.6 is 0 Å². The molecule has 2 aromatic carbocycles. The monoisotopic (exact) mass is 544 g/mol. The molecule has 0 radical (unpaired) electrons. The first-order chi connectivity index (χ1) is 18.3. The average molecular weight is 545 g/mol. The number of nitrogens with zero attached hydrogens (tertiary/aromatic N) is 4. The Bertz CT molecular complexity index is 1430. The van der Waals surface area contributed by atoms with Crippen LogP contribution in [-0.2, 0) is 5.54 Å². The molecule has 1 amide bonds. The lowest BCUT2D eigenvalue weighted by molar-refractivity contribution is -0.274. The Morgan fingerprint density at radius 2 is 1.92 bits per heavy atom. The summed E-state index contributed by atoms with van der Waals surface area (Å²) in [4.78, 5) is 24.9. The number of hydrogen-bond acceptors (Lipinski definition) is 7. The van der Waals surface area contributed by atoms with Crippen LogP contribution in [0.25, 0.3) is 11.3 Å². The molecule has 0 aliphatic carbocycles. The zero-order chi connectivity index (χ0) is 28.1. The first kappa shape index (κ1) is 26.7. The van der Waals surface area contributed by atoms with E-state index in [0.29, 0.717) is 29.9 Å². The van der Waals surface area contributed by atoms with Gasteiger partial charge in [0.1, 0.15) is 5.69 Å². The molecule has 0 bridgehead atoms. The van der Waals surface area contributed by atoms with E-state index in [2.05, 4.69) is 42.1 Å². The maximum absolute atomic E-state index is 14.8. The van der Waals surface area contributed by atoms with Crippen molar-refractivity contribution in [1.29, 1.82) is 0 Å². The molecule has 2 aliphatic heterocycles. The number of likely N-dealkylation sites (N-methyl/N-ethyl adjacent to an activating group) is 1. The Labute approximate surface area is 223 Å². The number of carbonyl (C=O) groups is 1. The van der Waals surface area contributed by atoms with Gasteiger partial charge >= 0.3 is 6.36 Å². The van der Waals surface area contributed by atoms with Gasteiger partial charge in [-0.2, -0.15) is 0 Å². The van der Waals surface area contributed by atoms with Gasteiger partial charge in [-0.1, -0.05) is 12.1 Å². The molecule has 1 aromatic heterocycles. The van der Waals surface area contributed by atoms with Crippen molar-refractivity contribution in [1.82, 2.24) is 20.2 Å². The van der Waals surface area contributed by atoms with Crippen LogP contribution < -0.4 is 20.3 Å². The smallest absolute Gasteiger partial charge is 0.404 e. The molecule has 206 valence electrons. The van der Waals surface area contributed by atoms with Crippen LogP contribution in [0.3, 0.4) is 0 Å². The fourth-order valence-corrected chi connectivity index (χ4v) is 4.90. The Hall–Kier alpha value is -3.93. The molecule has 0 spiro atoms. The number of hydrogen-bond donors (Lipinski definition) is 2. The molecule has 39 heavy (non-hydrogen) atoms. The minimum Gasteiger partial charge on any atom is -0.404 e. The van der Waals surface area contributed by atoms with Crippen LogP contribution in [0, 0.1) is 5.82 Å². The predicted molar refractivity (Wildman–Crippen MR) is 139 cm³/mol. The second-order valence-corrected chi connectivity index (χ2v) is 10.4. The predicted octanol–water partition coefficient (Wildman–Crippen LogP) is 5.04. The minimum absolute atomic E-state index is 0.0240. The molecule has 3 heterocycles. The highest BCUT2D eigenvalue weighted by Crippen LogP contribution is 2.37. The number of anilines is 3. The van der Waals surface area contributed by atoms with Crippen LogP contribution in [-0.4, -0.2) is 59.9 Å². The lowest BCUT2D eigenvalue weighted by Gasteiger charge is -2.39. The van der Waals surface area contributed by atoms with E-state index < -0.39 is 23.5 Å². The van der Waals surface area contributed by atoms with Crippen molar-refractivity contribution < 1.29 is 27.1 Å². The van der Waals surface area contributed by atoms with E-state index in [4.69, 9.17) is 0 Å². The fourth-order valence-electron chi connectivity index (χ4n) is 4.90. The van der Waals surface area contributed by atoms with E-state index in [1.165, 1.54) is 12.1 Å². The fraction of sp³-hybridized carbons (Fsp3) is 0.370. The molecule has 1 atom stereocenters. The summed E-state index contributed by atoms with van der Waals surface area (Å²) in [7, 11) is 2.02. The average Bonchev–Trinajstić information content (AvgIpc) is 3.09. The van der Waals surface area contributed by atoms with E-state index in [1.54, 1.807) is 24.3 Å². The van der Waals surface area contributed by atoms with E-state index in [9.17, 15) is 22.4 Å². The zero-order valence-electron chi connectivity index (χ0n) is 21.9. The highest BCUT2D eigenvalue weighted by molar-refractivity contribution is 6.01. The van der Waals surface area contributed by atoms with E-state index in [-0.39, 0.29) is 29.3 Å². The van der Waals surface area contributed by atoms with E-state index in [0.717, 1.165) is 18.3 Å². The number of benzene rings is 2. The van der Waals surface area contributed by atoms with Gasteiger partial charge in [-0.25, -0.2) is 14.4 Å². The first-order valence-electron chi connectivity index (χ1n) is 12.4. The van der Waals surface area contributed by atoms with Gasteiger partial charge in [-0.05, 0) is 57.6 Å². The van der Waals surface area contributed by atoms with E-state index in [1.807, 2.05) is 20.9 Å². The molecular formula is C27H28F4N6O2. The van der Waals surface area contributed by atoms with Gasteiger partial charge in [0.25, 0.3) is 5.91 Å².